The number of hydrogen-bond donors (Lipinski definition) is 3. The molecule has 0 fully saturated rings. The van der Waals surface area contributed by atoms with Crippen LogP contribution < -0.4 is 10.6 Å². The van der Waals surface area contributed by atoms with Gasteiger partial charge in [0, 0.05) is 23.0 Å². The van der Waals surface area contributed by atoms with Crippen molar-refractivity contribution in [3.05, 3.63) is 50.4 Å². The zero-order chi connectivity index (χ0) is 17.5. The third-order valence-corrected chi connectivity index (χ3v) is 4.75. The second kappa shape index (κ2) is 9.01. The lowest BCUT2D eigenvalue weighted by molar-refractivity contribution is 0.181. The minimum atomic E-state index is -0.626. The zero-order valence-corrected chi connectivity index (χ0v) is 15.7. The van der Waals surface area contributed by atoms with Crippen molar-refractivity contribution in [3.8, 4) is 0 Å². The molecule has 0 aliphatic rings. The van der Waals surface area contributed by atoms with Gasteiger partial charge in [-0.05, 0) is 38.5 Å². The number of aliphatic hydroxyl groups is 1. The molecule has 0 saturated carbocycles. The number of nitrogens with one attached hydrogen (secondary N) is 2. The van der Waals surface area contributed by atoms with Crippen LogP contribution >= 0.6 is 22.9 Å². The minimum absolute atomic E-state index is 0.369. The smallest absolute Gasteiger partial charge is 0.191 e. The van der Waals surface area contributed by atoms with Gasteiger partial charge in [-0.25, -0.2) is 9.98 Å². The molecule has 2 aromatic rings. The van der Waals surface area contributed by atoms with Crippen molar-refractivity contribution in [1.82, 2.24) is 15.6 Å². The topological polar surface area (TPSA) is 69.5 Å². The van der Waals surface area contributed by atoms with Gasteiger partial charge in [-0.2, -0.15) is 0 Å². The van der Waals surface area contributed by atoms with Gasteiger partial charge >= 0.3 is 0 Å². The molecule has 1 unspecified atom stereocenters. The van der Waals surface area contributed by atoms with Gasteiger partial charge in [-0.15, -0.1) is 11.3 Å². The summed E-state index contributed by atoms with van der Waals surface area (Å²) in [5.41, 5.74) is 1.84. The fraction of sp³-hybridized carbons (Fsp3) is 0.412. The van der Waals surface area contributed by atoms with Crippen LogP contribution in [0, 0.1) is 13.8 Å². The molecule has 1 aromatic heterocycles. The SMILES string of the molecule is CCNC(=NCc1sc(C)nc1C)NCC(O)c1ccc(Cl)cc1. The number of aromatic nitrogens is 1. The molecule has 0 amide bonds. The Hall–Kier alpha value is -1.63. The van der Waals surface area contributed by atoms with E-state index in [0.29, 0.717) is 24.1 Å². The fourth-order valence-electron chi connectivity index (χ4n) is 2.21. The summed E-state index contributed by atoms with van der Waals surface area (Å²) >= 11 is 7.53. The minimum Gasteiger partial charge on any atom is -0.387 e. The molecule has 1 heterocycles. The molecule has 0 aliphatic heterocycles. The van der Waals surface area contributed by atoms with E-state index in [1.54, 1.807) is 23.5 Å². The lowest BCUT2D eigenvalue weighted by Crippen LogP contribution is -2.39. The van der Waals surface area contributed by atoms with Crippen LogP contribution in [-0.2, 0) is 6.54 Å². The van der Waals surface area contributed by atoms with Gasteiger partial charge in [0.25, 0.3) is 0 Å². The van der Waals surface area contributed by atoms with Crippen LogP contribution in [0.1, 0.15) is 34.2 Å². The molecule has 3 N–H and O–H groups in total. The highest BCUT2D eigenvalue weighted by Crippen LogP contribution is 2.18. The lowest BCUT2D eigenvalue weighted by atomic mass is 10.1. The third-order valence-electron chi connectivity index (χ3n) is 3.44. The van der Waals surface area contributed by atoms with Crippen molar-refractivity contribution in [2.75, 3.05) is 13.1 Å². The molecular weight excluding hydrogens is 344 g/mol. The van der Waals surface area contributed by atoms with Crippen LogP contribution in [0.15, 0.2) is 29.3 Å². The Bertz CT molecular complexity index is 684. The van der Waals surface area contributed by atoms with Crippen molar-refractivity contribution in [2.24, 2.45) is 4.99 Å². The van der Waals surface area contributed by atoms with E-state index in [9.17, 15) is 5.11 Å². The number of thiazole rings is 1. The van der Waals surface area contributed by atoms with Crippen molar-refractivity contribution >= 4 is 28.9 Å². The lowest BCUT2D eigenvalue weighted by Gasteiger charge is -2.15. The van der Waals surface area contributed by atoms with Crippen molar-refractivity contribution < 1.29 is 5.11 Å². The van der Waals surface area contributed by atoms with Gasteiger partial charge in [-0.3, -0.25) is 0 Å². The number of benzene rings is 1. The summed E-state index contributed by atoms with van der Waals surface area (Å²) in [6.07, 6.45) is -0.626. The Labute approximate surface area is 151 Å². The van der Waals surface area contributed by atoms with Crippen LogP contribution in [0.25, 0.3) is 0 Å². The molecule has 0 spiro atoms. The average Bonchev–Trinajstić information content (AvgIpc) is 2.88. The summed E-state index contributed by atoms with van der Waals surface area (Å²) in [5.74, 6) is 0.677. The molecule has 0 aliphatic carbocycles. The van der Waals surface area contributed by atoms with E-state index in [0.717, 1.165) is 27.7 Å². The molecule has 0 radical (unpaired) electrons. The number of aryl methyl sites for hydroxylation is 2. The summed E-state index contributed by atoms with van der Waals surface area (Å²) in [7, 11) is 0. The summed E-state index contributed by atoms with van der Waals surface area (Å²) in [6, 6.07) is 7.19. The number of aliphatic imine (C=N–C) groups is 1. The number of aliphatic hydroxyl groups excluding tert-OH is 1. The number of guanidine groups is 1. The predicted molar refractivity (Wildman–Crippen MR) is 101 cm³/mol. The van der Waals surface area contributed by atoms with Crippen molar-refractivity contribution in [3.63, 3.8) is 0 Å². The first-order chi connectivity index (χ1) is 11.5. The molecule has 130 valence electrons. The van der Waals surface area contributed by atoms with E-state index >= 15 is 0 Å². The van der Waals surface area contributed by atoms with Crippen molar-refractivity contribution in [1.29, 1.82) is 0 Å². The molecule has 7 heteroatoms. The van der Waals surface area contributed by atoms with Gasteiger partial charge in [0.1, 0.15) is 0 Å². The van der Waals surface area contributed by atoms with E-state index in [2.05, 4.69) is 20.6 Å². The zero-order valence-electron chi connectivity index (χ0n) is 14.1. The summed E-state index contributed by atoms with van der Waals surface area (Å²) in [6.45, 7) is 7.70. The molecule has 1 atom stereocenters. The van der Waals surface area contributed by atoms with E-state index in [-0.39, 0.29) is 0 Å². The van der Waals surface area contributed by atoms with E-state index < -0.39 is 6.10 Å². The Balaban J connectivity index is 1.96. The van der Waals surface area contributed by atoms with E-state index in [1.807, 2.05) is 32.9 Å². The highest BCUT2D eigenvalue weighted by atomic mass is 35.5. The maximum atomic E-state index is 10.3. The highest BCUT2D eigenvalue weighted by Gasteiger charge is 2.09. The number of rotatable bonds is 6. The van der Waals surface area contributed by atoms with Gasteiger partial charge in [0.15, 0.2) is 5.96 Å². The van der Waals surface area contributed by atoms with Gasteiger partial charge in [-0.1, -0.05) is 23.7 Å². The number of hydrogen-bond acceptors (Lipinski definition) is 4. The largest absolute Gasteiger partial charge is 0.387 e. The highest BCUT2D eigenvalue weighted by molar-refractivity contribution is 7.11. The maximum Gasteiger partial charge on any atom is 0.191 e. The fourth-order valence-corrected chi connectivity index (χ4v) is 3.20. The first-order valence-corrected chi connectivity index (χ1v) is 9.07. The Kier molecular flexibility index (Phi) is 7.02. The molecule has 0 bridgehead atoms. The first-order valence-electron chi connectivity index (χ1n) is 7.88. The van der Waals surface area contributed by atoms with Crippen LogP contribution in [0.2, 0.25) is 5.02 Å². The Morgan fingerprint density at radius 2 is 2.00 bits per heavy atom. The molecule has 2 rings (SSSR count). The second-order valence-corrected chi connectivity index (χ2v) is 7.11. The van der Waals surface area contributed by atoms with Crippen LogP contribution in [-0.4, -0.2) is 29.1 Å². The van der Waals surface area contributed by atoms with Gasteiger partial charge in [0.05, 0.1) is 23.4 Å². The normalized spacial score (nSPS) is 13.0. The summed E-state index contributed by atoms with van der Waals surface area (Å²) in [5, 5.41) is 18.3. The standard InChI is InChI=1S/C17H23ClN4OS/c1-4-19-17(21-10-16-11(2)22-12(3)24-16)20-9-15(23)13-5-7-14(18)8-6-13/h5-8,15,23H,4,9-10H2,1-3H3,(H2,19,20,21). The van der Waals surface area contributed by atoms with E-state index in [4.69, 9.17) is 11.6 Å². The predicted octanol–water partition coefficient (Wildman–Crippen LogP) is 3.20. The van der Waals surface area contributed by atoms with Crippen LogP contribution in [0.5, 0.6) is 0 Å². The van der Waals surface area contributed by atoms with Gasteiger partial charge in [0.2, 0.25) is 0 Å². The monoisotopic (exact) mass is 366 g/mol. The van der Waals surface area contributed by atoms with Crippen LogP contribution in [0.4, 0.5) is 0 Å². The maximum absolute atomic E-state index is 10.3. The van der Waals surface area contributed by atoms with Crippen LogP contribution in [0.3, 0.4) is 0 Å². The number of halogens is 1. The van der Waals surface area contributed by atoms with Crippen molar-refractivity contribution in [2.45, 2.75) is 33.4 Å². The molecule has 5 nitrogen and oxygen atoms in total. The molecule has 1 aromatic carbocycles. The quantitative estimate of drug-likeness (QED) is 0.542. The summed E-state index contributed by atoms with van der Waals surface area (Å²) < 4.78 is 0. The molecule has 24 heavy (non-hydrogen) atoms. The first kappa shape index (κ1) is 18.7. The Morgan fingerprint density at radius 3 is 2.58 bits per heavy atom. The third kappa shape index (κ3) is 5.47. The molecule has 0 saturated heterocycles. The van der Waals surface area contributed by atoms with E-state index in [1.165, 1.54) is 0 Å². The molecular formula is C17H23ClN4OS. The second-order valence-electron chi connectivity index (χ2n) is 5.38. The Morgan fingerprint density at radius 1 is 1.29 bits per heavy atom. The average molecular weight is 367 g/mol. The summed E-state index contributed by atoms with van der Waals surface area (Å²) in [4.78, 5) is 10.1. The number of nitrogens with zero attached hydrogens (tertiary/aromatic N) is 2. The van der Waals surface area contributed by atoms with Gasteiger partial charge < -0.3 is 15.7 Å².